The van der Waals surface area contributed by atoms with E-state index in [4.69, 9.17) is 0 Å². The summed E-state index contributed by atoms with van der Waals surface area (Å²) in [4.78, 5) is 2.33. The van der Waals surface area contributed by atoms with Gasteiger partial charge in [-0.1, -0.05) is 140 Å². The molecule has 0 fully saturated rings. The third-order valence-corrected chi connectivity index (χ3v) is 9.57. The van der Waals surface area contributed by atoms with Gasteiger partial charge in [0.1, 0.15) is 0 Å². The number of rotatable bonds is 7. The van der Waals surface area contributed by atoms with Gasteiger partial charge in [0.15, 0.2) is 0 Å². The van der Waals surface area contributed by atoms with Crippen LogP contribution in [0.5, 0.6) is 0 Å². The van der Waals surface area contributed by atoms with Gasteiger partial charge in [0.2, 0.25) is 0 Å². The fraction of sp³-hybridized carbons (Fsp3) is 0. The Morgan fingerprint density at radius 2 is 0.760 bits per heavy atom. The fourth-order valence-electron chi connectivity index (χ4n) is 7.17. The van der Waals surface area contributed by atoms with Gasteiger partial charge in [-0.3, -0.25) is 0 Å². The van der Waals surface area contributed by atoms with E-state index < -0.39 is 0 Å². The van der Waals surface area contributed by atoms with Gasteiger partial charge in [-0.15, -0.1) is 0 Å². The molecule has 0 aliphatic rings. The maximum atomic E-state index is 2.38. The molecule has 0 radical (unpaired) electrons. The molecule has 0 bridgehead atoms. The molecule has 0 amide bonds. The maximum absolute atomic E-state index is 2.38. The van der Waals surface area contributed by atoms with Crippen LogP contribution in [0.15, 0.2) is 206 Å². The Labute approximate surface area is 292 Å². The van der Waals surface area contributed by atoms with E-state index in [1.54, 1.807) is 0 Å². The first kappa shape index (κ1) is 29.5. The highest BCUT2D eigenvalue weighted by Crippen LogP contribution is 2.39. The summed E-state index contributed by atoms with van der Waals surface area (Å²) in [7, 11) is 0. The van der Waals surface area contributed by atoms with E-state index in [-0.39, 0.29) is 0 Å². The summed E-state index contributed by atoms with van der Waals surface area (Å²) in [6, 6.07) is 74.0. The number of fused-ring (bicyclic) bond motifs is 3. The van der Waals surface area contributed by atoms with Crippen LogP contribution in [0.2, 0.25) is 0 Å². The minimum atomic E-state index is 1.11. The maximum Gasteiger partial charge on any atom is 0.0547 e. The van der Waals surface area contributed by atoms with E-state index >= 15 is 0 Å². The number of benzene rings is 8. The van der Waals surface area contributed by atoms with Crippen molar-refractivity contribution in [2.75, 3.05) is 4.90 Å². The standard InChI is InChI=1S/C48H34N2/c1-4-14-35(15-5-1)36-26-29-43(30-27-36)49(41-19-6-2-7-20-41)44-23-13-18-39(33-44)37-16-12-17-38(32-37)40-28-31-46-45-24-10-11-25-47(45)50(48(46)34-40)42-21-8-3-9-22-42/h1-34H. The second-order valence-electron chi connectivity index (χ2n) is 12.6. The Hall–Kier alpha value is -6.64. The molecule has 0 aliphatic carbocycles. The van der Waals surface area contributed by atoms with Gasteiger partial charge in [-0.25, -0.2) is 0 Å². The summed E-state index contributed by atoms with van der Waals surface area (Å²) in [5, 5.41) is 2.52. The lowest BCUT2D eigenvalue weighted by Crippen LogP contribution is -2.09. The van der Waals surface area contributed by atoms with Crippen LogP contribution in [0.4, 0.5) is 17.1 Å². The first-order valence-corrected chi connectivity index (χ1v) is 17.1. The summed E-state index contributed by atoms with van der Waals surface area (Å²) in [5.74, 6) is 0. The Bertz CT molecular complexity index is 2570. The first-order valence-electron chi connectivity index (χ1n) is 17.1. The molecule has 0 aliphatic heterocycles. The second kappa shape index (κ2) is 12.8. The average molecular weight is 639 g/mol. The van der Waals surface area contributed by atoms with Gasteiger partial charge in [0.05, 0.1) is 11.0 Å². The number of hydrogen-bond acceptors (Lipinski definition) is 1. The van der Waals surface area contributed by atoms with E-state index in [2.05, 4.69) is 216 Å². The molecule has 0 spiro atoms. The Balaban J connectivity index is 1.11. The predicted molar refractivity (Wildman–Crippen MR) is 212 cm³/mol. The van der Waals surface area contributed by atoms with Crippen LogP contribution in [0.25, 0.3) is 60.9 Å². The number of anilines is 3. The van der Waals surface area contributed by atoms with E-state index in [1.807, 2.05) is 0 Å². The van der Waals surface area contributed by atoms with E-state index in [0.717, 1.165) is 17.1 Å². The Morgan fingerprint density at radius 1 is 0.280 bits per heavy atom. The van der Waals surface area contributed by atoms with Gasteiger partial charge in [0.25, 0.3) is 0 Å². The summed E-state index contributed by atoms with van der Waals surface area (Å²) in [5.41, 5.74) is 14.1. The van der Waals surface area contributed by atoms with Crippen LogP contribution < -0.4 is 4.90 Å². The molecule has 8 aromatic carbocycles. The van der Waals surface area contributed by atoms with Crippen molar-refractivity contribution in [1.29, 1.82) is 0 Å². The van der Waals surface area contributed by atoms with Gasteiger partial charge < -0.3 is 9.47 Å². The summed E-state index contributed by atoms with van der Waals surface area (Å²) < 4.78 is 2.38. The second-order valence-corrected chi connectivity index (χ2v) is 12.6. The molecule has 0 unspecified atom stereocenters. The van der Waals surface area contributed by atoms with Crippen LogP contribution in [0, 0.1) is 0 Å². The molecule has 1 aromatic heterocycles. The highest BCUT2D eigenvalue weighted by atomic mass is 15.1. The fourth-order valence-corrected chi connectivity index (χ4v) is 7.17. The molecule has 2 heteroatoms. The van der Waals surface area contributed by atoms with Crippen molar-refractivity contribution in [3.63, 3.8) is 0 Å². The molecule has 0 N–H and O–H groups in total. The highest BCUT2D eigenvalue weighted by Gasteiger charge is 2.15. The molecule has 0 saturated carbocycles. The zero-order chi connectivity index (χ0) is 33.3. The quantitative estimate of drug-likeness (QED) is 0.169. The van der Waals surface area contributed by atoms with Crippen molar-refractivity contribution in [2.45, 2.75) is 0 Å². The van der Waals surface area contributed by atoms with Crippen LogP contribution in [-0.4, -0.2) is 4.57 Å². The lowest BCUT2D eigenvalue weighted by atomic mass is 9.97. The van der Waals surface area contributed by atoms with Crippen LogP contribution >= 0.6 is 0 Å². The minimum absolute atomic E-state index is 1.11. The summed E-state index contributed by atoms with van der Waals surface area (Å²) >= 11 is 0. The van der Waals surface area contributed by atoms with Crippen LogP contribution in [0.3, 0.4) is 0 Å². The predicted octanol–water partition coefficient (Wildman–Crippen LogP) is 13.3. The molecule has 236 valence electrons. The largest absolute Gasteiger partial charge is 0.310 e. The van der Waals surface area contributed by atoms with Crippen LogP contribution in [0.1, 0.15) is 0 Å². The molecule has 0 atom stereocenters. The van der Waals surface area contributed by atoms with E-state index in [9.17, 15) is 0 Å². The topological polar surface area (TPSA) is 8.17 Å². The van der Waals surface area contributed by atoms with E-state index in [1.165, 1.54) is 60.9 Å². The van der Waals surface area contributed by atoms with Gasteiger partial charge >= 0.3 is 0 Å². The van der Waals surface area contributed by atoms with Gasteiger partial charge in [0, 0.05) is 33.5 Å². The smallest absolute Gasteiger partial charge is 0.0547 e. The average Bonchev–Trinajstić information content (AvgIpc) is 3.53. The molecule has 50 heavy (non-hydrogen) atoms. The first-order chi connectivity index (χ1) is 24.8. The van der Waals surface area contributed by atoms with E-state index in [0.29, 0.717) is 0 Å². The molecule has 0 saturated heterocycles. The van der Waals surface area contributed by atoms with Gasteiger partial charge in [-0.2, -0.15) is 0 Å². The normalized spacial score (nSPS) is 11.2. The minimum Gasteiger partial charge on any atom is -0.310 e. The molecule has 9 aromatic rings. The van der Waals surface area contributed by atoms with Gasteiger partial charge in [-0.05, 0) is 100 Å². The number of para-hydroxylation sites is 3. The molecule has 1 heterocycles. The molecule has 2 nitrogen and oxygen atoms in total. The lowest BCUT2D eigenvalue weighted by Gasteiger charge is -2.26. The SMILES string of the molecule is c1ccc(-c2ccc(N(c3ccccc3)c3cccc(-c4cccc(-c5ccc6c7ccccc7n(-c7ccccc7)c6c5)c4)c3)cc2)cc1. The molecular formula is C48H34N2. The summed E-state index contributed by atoms with van der Waals surface area (Å²) in [6.07, 6.45) is 0. The zero-order valence-corrected chi connectivity index (χ0v) is 27.5. The Morgan fingerprint density at radius 3 is 1.50 bits per heavy atom. The van der Waals surface area contributed by atoms with Crippen LogP contribution in [-0.2, 0) is 0 Å². The highest BCUT2D eigenvalue weighted by molar-refractivity contribution is 6.10. The van der Waals surface area contributed by atoms with Crippen molar-refractivity contribution >= 4 is 38.9 Å². The van der Waals surface area contributed by atoms with Crippen molar-refractivity contribution < 1.29 is 0 Å². The third-order valence-electron chi connectivity index (χ3n) is 9.57. The Kier molecular flexibility index (Phi) is 7.53. The number of aromatic nitrogens is 1. The zero-order valence-electron chi connectivity index (χ0n) is 27.5. The molecule has 9 rings (SSSR count). The van der Waals surface area contributed by atoms with Crippen molar-refractivity contribution in [3.8, 4) is 39.1 Å². The lowest BCUT2D eigenvalue weighted by molar-refractivity contribution is 1.18. The monoisotopic (exact) mass is 638 g/mol. The summed E-state index contributed by atoms with van der Waals surface area (Å²) in [6.45, 7) is 0. The van der Waals surface area contributed by atoms with Crippen molar-refractivity contribution in [3.05, 3.63) is 206 Å². The third kappa shape index (κ3) is 5.43. The van der Waals surface area contributed by atoms with Crippen molar-refractivity contribution in [1.82, 2.24) is 4.57 Å². The number of hydrogen-bond donors (Lipinski definition) is 0. The molecular weight excluding hydrogens is 605 g/mol. The number of nitrogens with zero attached hydrogens (tertiary/aromatic N) is 2. The van der Waals surface area contributed by atoms with Crippen molar-refractivity contribution in [2.24, 2.45) is 0 Å².